The first-order valence-electron chi connectivity index (χ1n) is 6.38. The number of likely N-dealkylation sites (N-methyl/N-ethyl adjacent to an activating group) is 1. The Balaban J connectivity index is 1.76. The van der Waals surface area contributed by atoms with Crippen LogP contribution in [0.2, 0.25) is 0 Å². The molecule has 0 bridgehead atoms. The van der Waals surface area contributed by atoms with Crippen LogP contribution in [-0.2, 0) is 0 Å². The first-order valence-corrected chi connectivity index (χ1v) is 6.38. The van der Waals surface area contributed by atoms with Crippen molar-refractivity contribution >= 4 is 5.69 Å². The minimum Gasteiger partial charge on any atom is -0.492 e. The average Bonchev–Trinajstić information content (AvgIpc) is 2.25. The number of hydrogen-bond donors (Lipinski definition) is 1. The second-order valence-corrected chi connectivity index (χ2v) is 4.95. The molecule has 0 unspecified atom stereocenters. The van der Waals surface area contributed by atoms with E-state index in [0.717, 1.165) is 18.9 Å². The molecular formula is C14H22N2O. The van der Waals surface area contributed by atoms with Crippen LogP contribution in [0.25, 0.3) is 0 Å². The van der Waals surface area contributed by atoms with Crippen LogP contribution in [0, 0.1) is 0 Å². The Morgan fingerprint density at radius 2 is 1.94 bits per heavy atom. The van der Waals surface area contributed by atoms with E-state index >= 15 is 0 Å². The molecule has 1 aromatic rings. The van der Waals surface area contributed by atoms with Gasteiger partial charge in [-0.05, 0) is 57.6 Å². The van der Waals surface area contributed by atoms with Gasteiger partial charge >= 0.3 is 0 Å². The molecule has 2 rings (SSSR count). The second kappa shape index (κ2) is 5.92. The van der Waals surface area contributed by atoms with Gasteiger partial charge in [0.1, 0.15) is 12.4 Å². The van der Waals surface area contributed by atoms with Crippen LogP contribution in [0.15, 0.2) is 24.3 Å². The van der Waals surface area contributed by atoms with Crippen molar-refractivity contribution in [2.24, 2.45) is 0 Å². The van der Waals surface area contributed by atoms with Gasteiger partial charge < -0.3 is 15.0 Å². The van der Waals surface area contributed by atoms with E-state index in [1.165, 1.54) is 24.9 Å². The van der Waals surface area contributed by atoms with Crippen molar-refractivity contribution < 1.29 is 4.74 Å². The zero-order valence-corrected chi connectivity index (χ0v) is 10.8. The zero-order chi connectivity index (χ0) is 12.1. The number of hydrogen-bond acceptors (Lipinski definition) is 3. The molecule has 3 nitrogen and oxygen atoms in total. The van der Waals surface area contributed by atoms with Gasteiger partial charge in [-0.25, -0.2) is 0 Å². The zero-order valence-electron chi connectivity index (χ0n) is 10.8. The standard InChI is InChI=1S/C14H22N2O/c1-16(2)10-11-17-14-8-6-13(7-9-14)15-12-4-3-5-12/h6-9,12,15H,3-5,10-11H2,1-2H3. The molecule has 0 radical (unpaired) electrons. The van der Waals surface area contributed by atoms with Gasteiger partial charge in [-0.1, -0.05) is 0 Å². The Hall–Kier alpha value is -1.22. The number of ether oxygens (including phenoxy) is 1. The van der Waals surface area contributed by atoms with Gasteiger partial charge in [0.15, 0.2) is 0 Å². The fraction of sp³-hybridized carbons (Fsp3) is 0.571. The summed E-state index contributed by atoms with van der Waals surface area (Å²) >= 11 is 0. The molecule has 17 heavy (non-hydrogen) atoms. The van der Waals surface area contributed by atoms with Crippen LogP contribution < -0.4 is 10.1 Å². The molecule has 1 fully saturated rings. The molecule has 0 atom stereocenters. The van der Waals surface area contributed by atoms with Gasteiger partial charge in [0, 0.05) is 18.3 Å². The molecule has 0 heterocycles. The Bertz CT molecular complexity index is 331. The first-order chi connectivity index (χ1) is 8.24. The lowest BCUT2D eigenvalue weighted by Gasteiger charge is -2.27. The molecule has 0 aliphatic heterocycles. The van der Waals surface area contributed by atoms with E-state index in [1.54, 1.807) is 0 Å². The van der Waals surface area contributed by atoms with E-state index in [-0.39, 0.29) is 0 Å². The van der Waals surface area contributed by atoms with E-state index in [9.17, 15) is 0 Å². The van der Waals surface area contributed by atoms with Gasteiger partial charge in [-0.15, -0.1) is 0 Å². The smallest absolute Gasteiger partial charge is 0.119 e. The third-order valence-corrected chi connectivity index (χ3v) is 3.14. The molecule has 94 valence electrons. The van der Waals surface area contributed by atoms with E-state index in [2.05, 4.69) is 36.4 Å². The molecule has 1 aliphatic rings. The lowest BCUT2D eigenvalue weighted by atomic mass is 9.93. The normalized spacial score (nSPS) is 15.7. The van der Waals surface area contributed by atoms with E-state index < -0.39 is 0 Å². The van der Waals surface area contributed by atoms with Crippen molar-refractivity contribution in [1.29, 1.82) is 0 Å². The molecule has 0 saturated heterocycles. The largest absolute Gasteiger partial charge is 0.492 e. The molecule has 1 aliphatic carbocycles. The molecule has 0 amide bonds. The van der Waals surface area contributed by atoms with Gasteiger partial charge in [-0.3, -0.25) is 0 Å². The number of benzene rings is 1. The summed E-state index contributed by atoms with van der Waals surface area (Å²) in [6.07, 6.45) is 3.98. The minimum absolute atomic E-state index is 0.690. The lowest BCUT2D eigenvalue weighted by Crippen LogP contribution is -2.26. The Morgan fingerprint density at radius 1 is 1.24 bits per heavy atom. The third kappa shape index (κ3) is 3.93. The summed E-state index contributed by atoms with van der Waals surface area (Å²) in [7, 11) is 4.10. The van der Waals surface area contributed by atoms with Crippen LogP contribution in [0.3, 0.4) is 0 Å². The SMILES string of the molecule is CN(C)CCOc1ccc(NC2CCC2)cc1. The Labute approximate surface area is 104 Å². The van der Waals surface area contributed by atoms with Crippen LogP contribution >= 0.6 is 0 Å². The highest BCUT2D eigenvalue weighted by atomic mass is 16.5. The summed E-state index contributed by atoms with van der Waals surface area (Å²) in [6.45, 7) is 1.68. The Kier molecular flexibility index (Phi) is 4.26. The third-order valence-electron chi connectivity index (χ3n) is 3.14. The highest BCUT2D eigenvalue weighted by Crippen LogP contribution is 2.24. The van der Waals surface area contributed by atoms with Crippen molar-refractivity contribution in [3.05, 3.63) is 24.3 Å². The van der Waals surface area contributed by atoms with E-state index in [1.807, 2.05) is 12.1 Å². The van der Waals surface area contributed by atoms with Gasteiger partial charge in [0.25, 0.3) is 0 Å². The van der Waals surface area contributed by atoms with Crippen molar-refractivity contribution in [3.8, 4) is 5.75 Å². The molecule has 1 N–H and O–H groups in total. The Morgan fingerprint density at radius 3 is 2.47 bits per heavy atom. The summed E-state index contributed by atoms with van der Waals surface area (Å²) in [5.41, 5.74) is 1.20. The minimum atomic E-state index is 0.690. The van der Waals surface area contributed by atoms with Crippen molar-refractivity contribution in [1.82, 2.24) is 4.90 Å². The van der Waals surface area contributed by atoms with Gasteiger partial charge in [0.05, 0.1) is 0 Å². The number of nitrogens with one attached hydrogen (secondary N) is 1. The van der Waals surface area contributed by atoms with Crippen LogP contribution in [0.1, 0.15) is 19.3 Å². The number of anilines is 1. The first kappa shape index (κ1) is 12.2. The van der Waals surface area contributed by atoms with Crippen LogP contribution in [0.4, 0.5) is 5.69 Å². The molecule has 0 aromatic heterocycles. The average molecular weight is 234 g/mol. The molecule has 0 spiro atoms. The molecule has 3 heteroatoms. The summed E-state index contributed by atoms with van der Waals surface area (Å²) in [6, 6.07) is 8.97. The summed E-state index contributed by atoms with van der Waals surface area (Å²) in [5.74, 6) is 0.950. The monoisotopic (exact) mass is 234 g/mol. The van der Waals surface area contributed by atoms with Crippen molar-refractivity contribution in [2.75, 3.05) is 32.6 Å². The number of nitrogens with zero attached hydrogens (tertiary/aromatic N) is 1. The van der Waals surface area contributed by atoms with Crippen molar-refractivity contribution in [3.63, 3.8) is 0 Å². The highest BCUT2D eigenvalue weighted by molar-refractivity contribution is 5.47. The van der Waals surface area contributed by atoms with Crippen molar-refractivity contribution in [2.45, 2.75) is 25.3 Å². The second-order valence-electron chi connectivity index (χ2n) is 4.95. The topological polar surface area (TPSA) is 24.5 Å². The summed E-state index contributed by atoms with van der Waals surface area (Å²) in [4.78, 5) is 2.12. The lowest BCUT2D eigenvalue weighted by molar-refractivity contribution is 0.261. The van der Waals surface area contributed by atoms with Gasteiger partial charge in [-0.2, -0.15) is 0 Å². The van der Waals surface area contributed by atoms with E-state index in [4.69, 9.17) is 4.74 Å². The predicted molar refractivity (Wildman–Crippen MR) is 71.8 cm³/mol. The molecule has 1 saturated carbocycles. The van der Waals surface area contributed by atoms with E-state index in [0.29, 0.717) is 6.04 Å². The molecular weight excluding hydrogens is 212 g/mol. The fourth-order valence-electron chi connectivity index (χ4n) is 1.78. The van der Waals surface area contributed by atoms with Gasteiger partial charge in [0.2, 0.25) is 0 Å². The maximum absolute atomic E-state index is 5.65. The van der Waals surface area contributed by atoms with Crippen LogP contribution in [-0.4, -0.2) is 38.2 Å². The maximum Gasteiger partial charge on any atom is 0.119 e. The summed E-state index contributed by atoms with van der Waals surface area (Å²) in [5, 5.41) is 3.52. The quantitative estimate of drug-likeness (QED) is 0.819. The summed E-state index contributed by atoms with van der Waals surface area (Å²) < 4.78 is 5.65. The molecule has 1 aromatic carbocycles. The maximum atomic E-state index is 5.65. The van der Waals surface area contributed by atoms with Crippen LogP contribution in [0.5, 0.6) is 5.75 Å². The number of rotatable bonds is 6. The predicted octanol–water partition coefficient (Wildman–Crippen LogP) is 2.59. The highest BCUT2D eigenvalue weighted by Gasteiger charge is 2.16. The fourth-order valence-corrected chi connectivity index (χ4v) is 1.78.